The summed E-state index contributed by atoms with van der Waals surface area (Å²) in [5.41, 5.74) is -0.830. The van der Waals surface area contributed by atoms with Gasteiger partial charge in [-0.3, -0.25) is 9.59 Å². The third kappa shape index (κ3) is 8.01. The van der Waals surface area contributed by atoms with Crippen LogP contribution >= 0.6 is 0 Å². The Labute approximate surface area is 178 Å². The molecule has 0 saturated heterocycles. The molecule has 1 rings (SSSR count). The molecule has 0 aliphatic rings. The molecule has 0 heterocycles. The van der Waals surface area contributed by atoms with Gasteiger partial charge < -0.3 is 19.9 Å². The van der Waals surface area contributed by atoms with E-state index in [0.29, 0.717) is 0 Å². The first-order chi connectivity index (χ1) is 14.1. The number of hydrogen-bond acceptors (Lipinski definition) is 5. The van der Waals surface area contributed by atoms with Crippen molar-refractivity contribution >= 4 is 11.9 Å². The molecule has 10 heteroatoms. The lowest BCUT2D eigenvalue weighted by atomic mass is 9.96. The number of rotatable bonds is 9. The third-order valence-electron chi connectivity index (χ3n) is 4.48. The number of carbonyl (C=O) groups excluding carboxylic acids is 2. The summed E-state index contributed by atoms with van der Waals surface area (Å²) in [6.07, 6.45) is -2.12. The number of carbonyl (C=O) groups is 2. The minimum absolute atomic E-state index is 0.0206. The van der Waals surface area contributed by atoms with Crippen molar-refractivity contribution < 1.29 is 41.7 Å². The molecule has 0 bridgehead atoms. The van der Waals surface area contributed by atoms with Crippen LogP contribution in [0, 0.1) is 35.1 Å². The molecule has 2 unspecified atom stereocenters. The highest BCUT2D eigenvalue weighted by Crippen LogP contribution is 2.26. The Morgan fingerprint density at radius 3 is 2.03 bits per heavy atom. The van der Waals surface area contributed by atoms with E-state index in [0.717, 1.165) is 0 Å². The Morgan fingerprint density at radius 2 is 1.58 bits per heavy atom. The SMILES string of the molecule is CC(C)[C@H](C)C(=O)NC(CC(=O)OC(C)(C)C)C(O)COc1c(F)c(F)cc(F)c1F. The molecular formula is C21H29F4NO5. The first-order valence-electron chi connectivity index (χ1n) is 9.80. The van der Waals surface area contributed by atoms with E-state index in [1.54, 1.807) is 41.5 Å². The average molecular weight is 451 g/mol. The number of nitrogens with one attached hydrogen (secondary N) is 1. The van der Waals surface area contributed by atoms with Gasteiger partial charge in [0, 0.05) is 12.0 Å². The zero-order valence-electron chi connectivity index (χ0n) is 18.4. The van der Waals surface area contributed by atoms with Gasteiger partial charge in [-0.25, -0.2) is 8.78 Å². The maximum absolute atomic E-state index is 13.8. The quantitative estimate of drug-likeness (QED) is 0.341. The molecular weight excluding hydrogens is 422 g/mol. The largest absolute Gasteiger partial charge is 0.485 e. The number of benzene rings is 1. The van der Waals surface area contributed by atoms with Gasteiger partial charge in [0.15, 0.2) is 17.4 Å². The number of halogens is 4. The van der Waals surface area contributed by atoms with Crippen molar-refractivity contribution in [1.82, 2.24) is 5.32 Å². The van der Waals surface area contributed by atoms with Crippen LogP contribution in [0.3, 0.4) is 0 Å². The van der Waals surface area contributed by atoms with Gasteiger partial charge in [-0.05, 0) is 26.7 Å². The predicted octanol–water partition coefficient (Wildman–Crippen LogP) is 3.49. The standard InChI is InChI=1S/C21H29F4NO5/c1-10(2)11(3)20(29)26-14(8-16(28)31-21(4,5)6)15(27)9-30-19-17(24)12(22)7-13(23)18(19)25/h7,10-11,14-15,27H,8-9H2,1-6H3,(H,26,29)/t11-,14?,15?/m0/s1. The van der Waals surface area contributed by atoms with Crippen molar-refractivity contribution in [3.8, 4) is 5.75 Å². The molecule has 0 aromatic heterocycles. The predicted molar refractivity (Wildman–Crippen MR) is 104 cm³/mol. The average Bonchev–Trinajstić information content (AvgIpc) is 2.63. The molecule has 31 heavy (non-hydrogen) atoms. The van der Waals surface area contributed by atoms with Crippen molar-refractivity contribution in [3.05, 3.63) is 29.3 Å². The van der Waals surface area contributed by atoms with Crippen molar-refractivity contribution in [1.29, 1.82) is 0 Å². The smallest absolute Gasteiger partial charge is 0.308 e. The van der Waals surface area contributed by atoms with E-state index in [4.69, 9.17) is 9.47 Å². The fourth-order valence-electron chi connectivity index (χ4n) is 2.43. The molecule has 6 nitrogen and oxygen atoms in total. The van der Waals surface area contributed by atoms with E-state index < -0.39 is 77.6 Å². The van der Waals surface area contributed by atoms with Crippen molar-refractivity contribution in [3.63, 3.8) is 0 Å². The third-order valence-corrected chi connectivity index (χ3v) is 4.48. The zero-order valence-corrected chi connectivity index (χ0v) is 18.4. The molecule has 176 valence electrons. The summed E-state index contributed by atoms with van der Waals surface area (Å²) in [6.45, 7) is 9.27. The highest BCUT2D eigenvalue weighted by Gasteiger charge is 2.30. The van der Waals surface area contributed by atoms with Crippen LogP contribution in [-0.4, -0.2) is 41.3 Å². The topological polar surface area (TPSA) is 84.9 Å². The van der Waals surface area contributed by atoms with E-state index in [9.17, 15) is 32.3 Å². The molecule has 2 N–H and O–H groups in total. The van der Waals surface area contributed by atoms with Gasteiger partial charge in [-0.2, -0.15) is 8.78 Å². The fourth-order valence-corrected chi connectivity index (χ4v) is 2.43. The number of ether oxygens (including phenoxy) is 2. The molecule has 1 amide bonds. The lowest BCUT2D eigenvalue weighted by Crippen LogP contribution is -2.49. The Balaban J connectivity index is 3.01. The van der Waals surface area contributed by atoms with Crippen LogP contribution in [-0.2, 0) is 14.3 Å². The minimum atomic E-state index is -1.77. The van der Waals surface area contributed by atoms with Gasteiger partial charge >= 0.3 is 5.97 Å². The van der Waals surface area contributed by atoms with Crippen molar-refractivity contribution in [2.24, 2.45) is 11.8 Å². The highest BCUT2D eigenvalue weighted by molar-refractivity contribution is 5.80. The maximum Gasteiger partial charge on any atom is 0.308 e. The van der Waals surface area contributed by atoms with E-state index in [1.165, 1.54) is 0 Å². The number of hydrogen-bond donors (Lipinski definition) is 2. The van der Waals surface area contributed by atoms with Gasteiger partial charge in [0.25, 0.3) is 0 Å². The number of amides is 1. The van der Waals surface area contributed by atoms with Crippen LogP contribution in [0.1, 0.15) is 48.0 Å². The lowest BCUT2D eigenvalue weighted by molar-refractivity contribution is -0.156. The molecule has 0 spiro atoms. The van der Waals surface area contributed by atoms with Crippen molar-refractivity contribution in [2.45, 2.75) is 65.7 Å². The maximum atomic E-state index is 13.8. The fraction of sp³-hybridized carbons (Fsp3) is 0.619. The minimum Gasteiger partial charge on any atom is -0.485 e. The Bertz CT molecular complexity index is 769. The number of esters is 1. The van der Waals surface area contributed by atoms with E-state index in [-0.39, 0.29) is 12.0 Å². The second-order valence-corrected chi connectivity index (χ2v) is 8.61. The molecule has 0 radical (unpaired) electrons. The molecule has 0 aliphatic heterocycles. The lowest BCUT2D eigenvalue weighted by Gasteiger charge is -2.27. The molecule has 0 aliphatic carbocycles. The first-order valence-corrected chi connectivity index (χ1v) is 9.80. The van der Waals surface area contributed by atoms with Crippen LogP contribution in [0.4, 0.5) is 17.6 Å². The van der Waals surface area contributed by atoms with E-state index >= 15 is 0 Å². The number of aliphatic hydroxyl groups is 1. The highest BCUT2D eigenvalue weighted by atomic mass is 19.2. The summed E-state index contributed by atoms with van der Waals surface area (Å²) in [5.74, 6) is -9.98. The molecule has 3 atom stereocenters. The van der Waals surface area contributed by atoms with Crippen LogP contribution in [0.5, 0.6) is 5.75 Å². The van der Waals surface area contributed by atoms with E-state index in [2.05, 4.69) is 5.32 Å². The summed E-state index contributed by atoms with van der Waals surface area (Å²) >= 11 is 0. The second kappa shape index (κ2) is 10.8. The summed E-state index contributed by atoms with van der Waals surface area (Å²) < 4.78 is 64.1. The van der Waals surface area contributed by atoms with Gasteiger partial charge in [-0.1, -0.05) is 20.8 Å². The zero-order chi connectivity index (χ0) is 24.1. The van der Waals surface area contributed by atoms with E-state index in [1.807, 2.05) is 0 Å². The first kappa shape index (κ1) is 26.7. The summed E-state index contributed by atoms with van der Waals surface area (Å²) in [7, 11) is 0. The molecule has 1 aromatic rings. The van der Waals surface area contributed by atoms with Gasteiger partial charge in [-0.15, -0.1) is 0 Å². The summed E-state index contributed by atoms with van der Waals surface area (Å²) in [5, 5.41) is 12.9. The monoisotopic (exact) mass is 451 g/mol. The van der Waals surface area contributed by atoms with Crippen LogP contribution in [0.15, 0.2) is 6.07 Å². The van der Waals surface area contributed by atoms with Gasteiger partial charge in [0.2, 0.25) is 17.5 Å². The molecule has 0 fully saturated rings. The number of aliphatic hydroxyl groups excluding tert-OH is 1. The van der Waals surface area contributed by atoms with Crippen LogP contribution < -0.4 is 10.1 Å². The normalized spacial score (nSPS) is 14.7. The van der Waals surface area contributed by atoms with Gasteiger partial charge in [0.05, 0.1) is 12.5 Å². The van der Waals surface area contributed by atoms with Crippen molar-refractivity contribution in [2.75, 3.05) is 6.61 Å². The van der Waals surface area contributed by atoms with Crippen LogP contribution in [0.2, 0.25) is 0 Å². The Kier molecular flexibility index (Phi) is 9.28. The summed E-state index contributed by atoms with van der Waals surface area (Å²) in [4.78, 5) is 24.6. The molecule has 1 aromatic carbocycles. The summed E-state index contributed by atoms with van der Waals surface area (Å²) in [6, 6.07) is -1.22. The van der Waals surface area contributed by atoms with Gasteiger partial charge in [0.1, 0.15) is 18.3 Å². The van der Waals surface area contributed by atoms with Crippen LogP contribution in [0.25, 0.3) is 0 Å². The molecule has 0 saturated carbocycles. The Morgan fingerprint density at radius 1 is 1.06 bits per heavy atom. The Hall–Kier alpha value is -2.36. The second-order valence-electron chi connectivity index (χ2n) is 8.61.